The summed E-state index contributed by atoms with van der Waals surface area (Å²) in [4.78, 5) is 24.3. The highest BCUT2D eigenvalue weighted by atomic mass is 35.5. The molecule has 0 unspecified atom stereocenters. The van der Waals surface area contributed by atoms with E-state index in [1.807, 2.05) is 0 Å². The van der Waals surface area contributed by atoms with E-state index < -0.39 is 11.5 Å². The van der Waals surface area contributed by atoms with Gasteiger partial charge in [-0.2, -0.15) is 0 Å². The summed E-state index contributed by atoms with van der Waals surface area (Å²) in [6.07, 6.45) is 0. The van der Waals surface area contributed by atoms with Crippen LogP contribution in [0.2, 0.25) is 0 Å². The molecule has 0 spiro atoms. The Balaban J connectivity index is 2.84. The number of carbonyl (C=O) groups is 1. The molecular formula is C8H9ClN2O3. The fourth-order valence-corrected chi connectivity index (χ4v) is 1.02. The van der Waals surface area contributed by atoms with Crippen LogP contribution in [0.25, 0.3) is 0 Å². The van der Waals surface area contributed by atoms with Gasteiger partial charge in [0.15, 0.2) is 5.88 Å². The Bertz CT molecular complexity index is 388. The fraction of sp³-hybridized carbons (Fsp3) is 0.250. The number of H-pyrrole nitrogens is 1. The number of alkyl halides is 1. The molecule has 76 valence electrons. The minimum absolute atomic E-state index is 0.108. The molecule has 0 aliphatic carbocycles. The molecule has 1 rings (SSSR count). The van der Waals surface area contributed by atoms with E-state index in [9.17, 15) is 9.59 Å². The molecule has 14 heavy (non-hydrogen) atoms. The molecule has 0 aliphatic rings. The Kier molecular flexibility index (Phi) is 3.53. The second-order valence-electron chi connectivity index (χ2n) is 2.56. The van der Waals surface area contributed by atoms with Gasteiger partial charge < -0.3 is 10.4 Å². The number of hydrogen-bond donors (Lipinski definition) is 3. The summed E-state index contributed by atoms with van der Waals surface area (Å²) in [6, 6.07) is 2.27. The quantitative estimate of drug-likeness (QED) is 0.625. The van der Waals surface area contributed by atoms with Gasteiger partial charge in [-0.15, -0.1) is 11.6 Å². The summed E-state index contributed by atoms with van der Waals surface area (Å²) >= 11 is 5.36. The average molecular weight is 217 g/mol. The first kappa shape index (κ1) is 10.6. The van der Waals surface area contributed by atoms with E-state index in [2.05, 4.69) is 10.3 Å². The van der Waals surface area contributed by atoms with E-state index in [-0.39, 0.29) is 11.4 Å². The average Bonchev–Trinajstić information content (AvgIpc) is 2.12. The molecular weight excluding hydrogens is 208 g/mol. The molecule has 1 amide bonds. The van der Waals surface area contributed by atoms with Crippen molar-refractivity contribution in [3.05, 3.63) is 28.0 Å². The predicted molar refractivity (Wildman–Crippen MR) is 51.8 cm³/mol. The van der Waals surface area contributed by atoms with E-state index in [1.165, 1.54) is 6.07 Å². The van der Waals surface area contributed by atoms with E-state index >= 15 is 0 Å². The Morgan fingerprint density at radius 1 is 1.57 bits per heavy atom. The molecule has 0 bridgehead atoms. The van der Waals surface area contributed by atoms with Crippen molar-refractivity contribution in [3.8, 4) is 5.88 Å². The number of rotatable bonds is 3. The van der Waals surface area contributed by atoms with Crippen LogP contribution in [0, 0.1) is 0 Å². The van der Waals surface area contributed by atoms with Crippen LogP contribution in [0.4, 0.5) is 0 Å². The summed E-state index contributed by atoms with van der Waals surface area (Å²) in [7, 11) is 0. The summed E-state index contributed by atoms with van der Waals surface area (Å²) in [5.74, 6) is -0.485. The molecule has 0 radical (unpaired) electrons. The first-order valence-electron chi connectivity index (χ1n) is 3.91. The number of aromatic hydroxyl groups is 1. The molecule has 3 N–H and O–H groups in total. The highest BCUT2D eigenvalue weighted by Crippen LogP contribution is 2.03. The maximum Gasteiger partial charge on any atom is 0.251 e. The van der Waals surface area contributed by atoms with Gasteiger partial charge in [0.2, 0.25) is 0 Å². The van der Waals surface area contributed by atoms with Crippen molar-refractivity contribution in [2.75, 3.05) is 12.4 Å². The van der Waals surface area contributed by atoms with Crippen molar-refractivity contribution >= 4 is 17.5 Å². The Morgan fingerprint density at radius 2 is 2.29 bits per heavy atom. The monoisotopic (exact) mass is 216 g/mol. The summed E-state index contributed by atoms with van der Waals surface area (Å²) in [5, 5.41) is 11.5. The van der Waals surface area contributed by atoms with Gasteiger partial charge in [-0.25, -0.2) is 0 Å². The summed E-state index contributed by atoms with van der Waals surface area (Å²) < 4.78 is 0. The van der Waals surface area contributed by atoms with Crippen LogP contribution in [0.15, 0.2) is 16.9 Å². The molecule has 0 atom stereocenters. The lowest BCUT2D eigenvalue weighted by molar-refractivity contribution is 0.0955. The second-order valence-corrected chi connectivity index (χ2v) is 2.94. The third-order valence-electron chi connectivity index (χ3n) is 1.47. The van der Waals surface area contributed by atoms with E-state index in [1.54, 1.807) is 0 Å². The molecule has 1 heterocycles. The third-order valence-corrected chi connectivity index (χ3v) is 1.66. The number of nitrogens with one attached hydrogen (secondary N) is 2. The van der Waals surface area contributed by atoms with Crippen molar-refractivity contribution in [2.45, 2.75) is 0 Å². The molecule has 0 aromatic carbocycles. The van der Waals surface area contributed by atoms with Crippen molar-refractivity contribution in [1.29, 1.82) is 0 Å². The smallest absolute Gasteiger partial charge is 0.251 e. The number of aromatic nitrogens is 1. The molecule has 0 fully saturated rings. The van der Waals surface area contributed by atoms with Crippen LogP contribution in [-0.4, -0.2) is 28.4 Å². The Labute approximate surface area is 84.7 Å². The molecule has 0 aliphatic heterocycles. The molecule has 0 saturated carbocycles. The molecule has 0 saturated heterocycles. The van der Waals surface area contributed by atoms with Crippen molar-refractivity contribution in [1.82, 2.24) is 10.3 Å². The summed E-state index contributed by atoms with van der Waals surface area (Å²) in [6.45, 7) is 0.313. The zero-order chi connectivity index (χ0) is 10.6. The fourth-order valence-electron chi connectivity index (χ4n) is 0.923. The third kappa shape index (κ3) is 2.77. The summed E-state index contributed by atoms with van der Waals surface area (Å²) in [5.41, 5.74) is -0.419. The van der Waals surface area contributed by atoms with Gasteiger partial charge in [0.05, 0.1) is 5.56 Å². The zero-order valence-electron chi connectivity index (χ0n) is 7.21. The van der Waals surface area contributed by atoms with Gasteiger partial charge in [-0.3, -0.25) is 14.6 Å². The van der Waals surface area contributed by atoms with Gasteiger partial charge in [-0.1, -0.05) is 0 Å². The maximum atomic E-state index is 11.3. The zero-order valence-corrected chi connectivity index (χ0v) is 7.97. The maximum absolute atomic E-state index is 11.3. The van der Waals surface area contributed by atoms with Crippen LogP contribution in [0.1, 0.15) is 10.4 Å². The standard InChI is InChI=1S/C8H9ClN2O3/c9-1-2-10-8(14)5-3-6(12)11-7(13)4-5/h3-4H,1-2H2,(H,10,14)(H2,11,12,13). The lowest BCUT2D eigenvalue weighted by atomic mass is 10.2. The second kappa shape index (κ2) is 4.66. The number of halogens is 1. The number of amides is 1. The van der Waals surface area contributed by atoms with Gasteiger partial charge >= 0.3 is 0 Å². The first-order valence-corrected chi connectivity index (χ1v) is 4.44. The van der Waals surface area contributed by atoms with Gasteiger partial charge in [0, 0.05) is 24.6 Å². The van der Waals surface area contributed by atoms with Crippen LogP contribution in [0.3, 0.4) is 0 Å². The normalized spacial score (nSPS) is 9.79. The Hall–Kier alpha value is -1.49. The number of aromatic amines is 1. The molecule has 6 heteroatoms. The number of carbonyl (C=O) groups excluding carboxylic acids is 1. The van der Waals surface area contributed by atoms with Crippen LogP contribution in [0.5, 0.6) is 5.88 Å². The minimum atomic E-state index is -0.527. The predicted octanol–water partition coefficient (Wildman–Crippen LogP) is 0.0491. The topological polar surface area (TPSA) is 82.2 Å². The van der Waals surface area contributed by atoms with Gasteiger partial charge in [-0.05, 0) is 0 Å². The van der Waals surface area contributed by atoms with Crippen molar-refractivity contribution < 1.29 is 9.90 Å². The van der Waals surface area contributed by atoms with Crippen LogP contribution in [-0.2, 0) is 0 Å². The largest absolute Gasteiger partial charge is 0.494 e. The van der Waals surface area contributed by atoms with E-state index in [0.29, 0.717) is 12.4 Å². The van der Waals surface area contributed by atoms with Gasteiger partial charge in [0.1, 0.15) is 0 Å². The van der Waals surface area contributed by atoms with Crippen molar-refractivity contribution in [2.24, 2.45) is 0 Å². The highest BCUT2D eigenvalue weighted by molar-refractivity contribution is 6.18. The number of pyridine rings is 1. The highest BCUT2D eigenvalue weighted by Gasteiger charge is 2.06. The van der Waals surface area contributed by atoms with Crippen LogP contribution < -0.4 is 10.9 Å². The minimum Gasteiger partial charge on any atom is -0.494 e. The first-order chi connectivity index (χ1) is 6.63. The molecule has 1 aromatic heterocycles. The lowest BCUT2D eigenvalue weighted by Gasteiger charge is -2.02. The van der Waals surface area contributed by atoms with E-state index in [4.69, 9.17) is 16.7 Å². The molecule has 1 aromatic rings. The van der Waals surface area contributed by atoms with Gasteiger partial charge in [0.25, 0.3) is 11.5 Å². The Morgan fingerprint density at radius 3 is 2.86 bits per heavy atom. The van der Waals surface area contributed by atoms with Crippen LogP contribution >= 0.6 is 11.6 Å². The number of hydrogen-bond acceptors (Lipinski definition) is 3. The SMILES string of the molecule is O=C(NCCCl)c1cc(O)[nH]c(=O)c1. The lowest BCUT2D eigenvalue weighted by Crippen LogP contribution is -2.26. The van der Waals surface area contributed by atoms with Crippen molar-refractivity contribution in [3.63, 3.8) is 0 Å². The molecule has 5 nitrogen and oxygen atoms in total. The van der Waals surface area contributed by atoms with E-state index in [0.717, 1.165) is 6.07 Å².